The number of aliphatic carboxylic acids is 1. The molecule has 2 N–H and O–H groups in total. The minimum atomic E-state index is -0.885. The lowest BCUT2D eigenvalue weighted by molar-refractivity contribution is -0.138. The van der Waals surface area contributed by atoms with Gasteiger partial charge in [0.05, 0.1) is 12.5 Å². The summed E-state index contributed by atoms with van der Waals surface area (Å²) >= 11 is 0. The Morgan fingerprint density at radius 2 is 1.85 bits per heavy atom. The van der Waals surface area contributed by atoms with Gasteiger partial charge in [-0.05, 0) is 42.8 Å². The van der Waals surface area contributed by atoms with Crippen LogP contribution >= 0.6 is 0 Å². The van der Waals surface area contributed by atoms with Gasteiger partial charge in [-0.15, -0.1) is 0 Å². The van der Waals surface area contributed by atoms with E-state index in [-0.39, 0.29) is 5.91 Å². The van der Waals surface area contributed by atoms with Gasteiger partial charge in [0.1, 0.15) is 5.75 Å². The van der Waals surface area contributed by atoms with Gasteiger partial charge in [-0.1, -0.05) is 18.2 Å². The van der Waals surface area contributed by atoms with Gasteiger partial charge >= 0.3 is 5.97 Å². The molecule has 0 aliphatic rings. The fourth-order valence-corrected chi connectivity index (χ4v) is 2.32. The molecule has 6 heteroatoms. The minimum Gasteiger partial charge on any atom is -0.493 e. The summed E-state index contributed by atoms with van der Waals surface area (Å²) in [6.07, 6.45) is 0.772. The Labute approximate surface area is 152 Å². The lowest BCUT2D eigenvalue weighted by Crippen LogP contribution is -2.12. The molecule has 2 aromatic carbocycles. The van der Waals surface area contributed by atoms with Crippen molar-refractivity contribution in [3.05, 3.63) is 59.7 Å². The number of carboxylic acids is 1. The Kier molecular flexibility index (Phi) is 7.17. The molecular weight excluding hydrogens is 334 g/mol. The zero-order valence-corrected chi connectivity index (χ0v) is 14.9. The Morgan fingerprint density at radius 3 is 2.50 bits per heavy atom. The average Bonchev–Trinajstić information content (AvgIpc) is 2.65. The van der Waals surface area contributed by atoms with Crippen LogP contribution in [0.4, 0.5) is 5.69 Å². The summed E-state index contributed by atoms with van der Waals surface area (Å²) in [7, 11) is 1.64. The molecule has 0 radical (unpaired) electrons. The molecule has 26 heavy (non-hydrogen) atoms. The molecule has 0 heterocycles. The summed E-state index contributed by atoms with van der Waals surface area (Å²) in [5.74, 6) is -1.11. The van der Waals surface area contributed by atoms with E-state index in [1.807, 2.05) is 0 Å². The Bertz CT molecular complexity index is 742. The van der Waals surface area contributed by atoms with Crippen LogP contribution in [0, 0.1) is 0 Å². The van der Waals surface area contributed by atoms with E-state index in [1.165, 1.54) is 0 Å². The molecule has 1 amide bonds. The Morgan fingerprint density at radius 1 is 1.12 bits per heavy atom. The van der Waals surface area contributed by atoms with Crippen molar-refractivity contribution in [2.45, 2.75) is 19.3 Å². The highest BCUT2D eigenvalue weighted by molar-refractivity contribution is 6.04. The molecule has 0 saturated heterocycles. The fraction of sp³-hybridized carbons (Fsp3) is 0.300. The van der Waals surface area contributed by atoms with Gasteiger partial charge in [0, 0.05) is 31.4 Å². The predicted molar refractivity (Wildman–Crippen MR) is 98.9 cm³/mol. The number of amides is 1. The van der Waals surface area contributed by atoms with Gasteiger partial charge in [0.2, 0.25) is 0 Å². The van der Waals surface area contributed by atoms with Crippen molar-refractivity contribution in [1.82, 2.24) is 0 Å². The first-order chi connectivity index (χ1) is 12.5. The van der Waals surface area contributed by atoms with Crippen LogP contribution in [0.1, 0.15) is 35.2 Å². The standard InChI is InChI=1S/C20H23NO5/c1-14(20(23)24)15-7-9-17(10-8-15)21-19(22)16-5-3-6-18(13-16)26-12-4-11-25-2/h3,5-10,13-14H,4,11-12H2,1-2H3,(H,21,22)(H,23,24). The quantitative estimate of drug-likeness (QED) is 0.671. The minimum absolute atomic E-state index is 0.258. The number of benzene rings is 2. The lowest BCUT2D eigenvalue weighted by Gasteiger charge is -2.10. The van der Waals surface area contributed by atoms with Crippen LogP contribution in [0.25, 0.3) is 0 Å². The lowest BCUT2D eigenvalue weighted by atomic mass is 10.0. The average molecular weight is 357 g/mol. The largest absolute Gasteiger partial charge is 0.493 e. The molecular formula is C20H23NO5. The molecule has 2 rings (SSSR count). The van der Waals surface area contributed by atoms with Crippen LogP contribution in [-0.2, 0) is 9.53 Å². The maximum absolute atomic E-state index is 12.4. The second-order valence-electron chi connectivity index (χ2n) is 5.86. The predicted octanol–water partition coefficient (Wildman–Crippen LogP) is 3.54. The molecule has 1 atom stereocenters. The number of methoxy groups -OCH3 is 1. The van der Waals surface area contributed by atoms with Crippen molar-refractivity contribution < 1.29 is 24.2 Å². The second kappa shape index (κ2) is 9.58. The Hall–Kier alpha value is -2.86. The molecule has 0 aromatic heterocycles. The first kappa shape index (κ1) is 19.5. The maximum atomic E-state index is 12.4. The summed E-state index contributed by atoms with van der Waals surface area (Å²) < 4.78 is 10.6. The molecule has 0 aliphatic heterocycles. The molecule has 0 saturated carbocycles. The molecule has 1 unspecified atom stereocenters. The summed E-state index contributed by atoms with van der Waals surface area (Å²) in [4.78, 5) is 23.4. The van der Waals surface area contributed by atoms with E-state index in [0.29, 0.717) is 35.8 Å². The number of anilines is 1. The van der Waals surface area contributed by atoms with E-state index in [0.717, 1.165) is 6.42 Å². The number of hydrogen-bond donors (Lipinski definition) is 2. The van der Waals surface area contributed by atoms with E-state index >= 15 is 0 Å². The van der Waals surface area contributed by atoms with Crippen molar-refractivity contribution in [3.63, 3.8) is 0 Å². The monoisotopic (exact) mass is 357 g/mol. The number of hydrogen-bond acceptors (Lipinski definition) is 4. The van der Waals surface area contributed by atoms with Crippen LogP contribution in [-0.4, -0.2) is 37.3 Å². The number of nitrogens with one attached hydrogen (secondary N) is 1. The molecule has 0 aliphatic carbocycles. The number of carbonyl (C=O) groups is 2. The number of carboxylic acid groups (broad SMARTS) is 1. The number of ether oxygens (including phenoxy) is 2. The summed E-state index contributed by atoms with van der Waals surface area (Å²) in [5.41, 5.74) is 1.77. The van der Waals surface area contributed by atoms with Gasteiger partial charge < -0.3 is 19.9 Å². The van der Waals surface area contributed by atoms with Gasteiger partial charge in [0.25, 0.3) is 5.91 Å². The zero-order chi connectivity index (χ0) is 18.9. The first-order valence-electron chi connectivity index (χ1n) is 8.37. The highest BCUT2D eigenvalue weighted by Gasteiger charge is 2.13. The van der Waals surface area contributed by atoms with Gasteiger partial charge in [0.15, 0.2) is 0 Å². The van der Waals surface area contributed by atoms with Crippen molar-refractivity contribution in [2.24, 2.45) is 0 Å². The second-order valence-corrected chi connectivity index (χ2v) is 5.86. The van der Waals surface area contributed by atoms with E-state index in [4.69, 9.17) is 14.6 Å². The molecule has 0 bridgehead atoms. The van der Waals surface area contributed by atoms with Gasteiger partial charge in [-0.25, -0.2) is 0 Å². The Balaban J connectivity index is 1.98. The third kappa shape index (κ3) is 5.60. The number of rotatable bonds is 9. The summed E-state index contributed by atoms with van der Waals surface area (Å²) in [6, 6.07) is 13.7. The zero-order valence-electron chi connectivity index (χ0n) is 14.9. The fourth-order valence-electron chi connectivity index (χ4n) is 2.32. The smallest absolute Gasteiger partial charge is 0.310 e. The SMILES string of the molecule is COCCCOc1cccc(C(=O)Nc2ccc(C(C)C(=O)O)cc2)c1. The highest BCUT2D eigenvalue weighted by atomic mass is 16.5. The van der Waals surface area contributed by atoms with E-state index in [9.17, 15) is 9.59 Å². The molecule has 2 aromatic rings. The van der Waals surface area contributed by atoms with Crippen LogP contribution in [0.3, 0.4) is 0 Å². The molecule has 138 valence electrons. The van der Waals surface area contributed by atoms with Crippen molar-refractivity contribution in [2.75, 3.05) is 25.6 Å². The van der Waals surface area contributed by atoms with Crippen LogP contribution in [0.5, 0.6) is 5.75 Å². The van der Waals surface area contributed by atoms with Gasteiger partial charge in [-0.2, -0.15) is 0 Å². The van der Waals surface area contributed by atoms with E-state index in [1.54, 1.807) is 62.6 Å². The molecule has 6 nitrogen and oxygen atoms in total. The topological polar surface area (TPSA) is 84.9 Å². The first-order valence-corrected chi connectivity index (χ1v) is 8.37. The molecule has 0 fully saturated rings. The van der Waals surface area contributed by atoms with Crippen molar-refractivity contribution in [3.8, 4) is 5.75 Å². The third-order valence-corrected chi connectivity index (χ3v) is 3.90. The summed E-state index contributed by atoms with van der Waals surface area (Å²) in [5, 5.41) is 11.8. The van der Waals surface area contributed by atoms with Crippen LogP contribution in [0.2, 0.25) is 0 Å². The normalized spacial score (nSPS) is 11.6. The maximum Gasteiger partial charge on any atom is 0.310 e. The van der Waals surface area contributed by atoms with Gasteiger partial charge in [-0.3, -0.25) is 9.59 Å². The molecule has 0 spiro atoms. The number of carbonyl (C=O) groups excluding carboxylic acids is 1. The van der Waals surface area contributed by atoms with Crippen LogP contribution in [0.15, 0.2) is 48.5 Å². The van der Waals surface area contributed by atoms with Crippen LogP contribution < -0.4 is 10.1 Å². The van der Waals surface area contributed by atoms with E-state index < -0.39 is 11.9 Å². The third-order valence-electron chi connectivity index (χ3n) is 3.90. The highest BCUT2D eigenvalue weighted by Crippen LogP contribution is 2.19. The summed E-state index contributed by atoms with van der Waals surface area (Å²) in [6.45, 7) is 2.76. The van der Waals surface area contributed by atoms with Crippen molar-refractivity contribution in [1.29, 1.82) is 0 Å². The van der Waals surface area contributed by atoms with Crippen molar-refractivity contribution >= 4 is 17.6 Å². The van der Waals surface area contributed by atoms with E-state index in [2.05, 4.69) is 5.32 Å².